The van der Waals surface area contributed by atoms with Crippen molar-refractivity contribution in [2.75, 3.05) is 5.32 Å². The standard InChI is InChI=1S/C15H14N4OS/c1-10-8-13(19(2)18-10)14(20)17-12-5-3-4-11(9-12)15-16-6-7-21-15/h3-9H,1-2H3,(H,17,20). The highest BCUT2D eigenvalue weighted by atomic mass is 32.1. The normalized spacial score (nSPS) is 10.6. The van der Waals surface area contributed by atoms with Crippen molar-refractivity contribution < 1.29 is 4.79 Å². The fourth-order valence-corrected chi connectivity index (χ4v) is 2.75. The third kappa shape index (κ3) is 2.85. The van der Waals surface area contributed by atoms with Crippen molar-refractivity contribution in [3.8, 4) is 10.6 Å². The number of hydrogen-bond donors (Lipinski definition) is 1. The maximum Gasteiger partial charge on any atom is 0.273 e. The zero-order valence-corrected chi connectivity index (χ0v) is 12.5. The summed E-state index contributed by atoms with van der Waals surface area (Å²) in [6.07, 6.45) is 1.77. The molecule has 1 amide bonds. The van der Waals surface area contributed by atoms with Crippen LogP contribution in [0.15, 0.2) is 41.9 Å². The van der Waals surface area contributed by atoms with E-state index >= 15 is 0 Å². The molecule has 0 unspecified atom stereocenters. The predicted molar refractivity (Wildman–Crippen MR) is 83.4 cm³/mol. The zero-order chi connectivity index (χ0) is 14.8. The van der Waals surface area contributed by atoms with Crippen LogP contribution in [0.3, 0.4) is 0 Å². The molecule has 3 aromatic rings. The molecule has 0 radical (unpaired) electrons. The van der Waals surface area contributed by atoms with Crippen molar-refractivity contribution in [1.82, 2.24) is 14.8 Å². The van der Waals surface area contributed by atoms with Crippen LogP contribution in [0.1, 0.15) is 16.2 Å². The Morgan fingerprint density at radius 2 is 2.19 bits per heavy atom. The Balaban J connectivity index is 1.84. The molecule has 6 heteroatoms. The minimum absolute atomic E-state index is 0.172. The summed E-state index contributed by atoms with van der Waals surface area (Å²) in [4.78, 5) is 16.5. The Morgan fingerprint density at radius 1 is 1.33 bits per heavy atom. The van der Waals surface area contributed by atoms with Crippen molar-refractivity contribution in [2.45, 2.75) is 6.92 Å². The molecule has 0 atom stereocenters. The van der Waals surface area contributed by atoms with Crippen LogP contribution < -0.4 is 5.32 Å². The van der Waals surface area contributed by atoms with Gasteiger partial charge < -0.3 is 5.32 Å². The van der Waals surface area contributed by atoms with E-state index in [9.17, 15) is 4.79 Å². The first-order valence-corrected chi connectivity index (χ1v) is 7.33. The van der Waals surface area contributed by atoms with Crippen LogP contribution in [0.2, 0.25) is 0 Å². The van der Waals surface area contributed by atoms with Crippen LogP contribution in [-0.4, -0.2) is 20.7 Å². The maximum absolute atomic E-state index is 12.3. The average Bonchev–Trinajstić information content (AvgIpc) is 3.08. The van der Waals surface area contributed by atoms with Gasteiger partial charge in [0, 0.05) is 29.9 Å². The second-order valence-corrected chi connectivity index (χ2v) is 5.56. The number of carbonyl (C=O) groups is 1. The Kier molecular flexibility index (Phi) is 3.53. The number of hydrogen-bond acceptors (Lipinski definition) is 4. The van der Waals surface area contributed by atoms with Gasteiger partial charge in [-0.3, -0.25) is 9.48 Å². The Hall–Kier alpha value is -2.47. The van der Waals surface area contributed by atoms with Crippen molar-refractivity contribution in [3.63, 3.8) is 0 Å². The summed E-state index contributed by atoms with van der Waals surface area (Å²) in [7, 11) is 1.76. The molecule has 0 bridgehead atoms. The molecule has 2 aromatic heterocycles. The van der Waals surface area contributed by atoms with Crippen LogP contribution in [0.5, 0.6) is 0 Å². The van der Waals surface area contributed by atoms with E-state index in [0.717, 1.165) is 22.0 Å². The van der Waals surface area contributed by atoms with Crippen molar-refractivity contribution in [3.05, 3.63) is 53.3 Å². The van der Waals surface area contributed by atoms with Crippen molar-refractivity contribution in [1.29, 1.82) is 0 Å². The van der Waals surface area contributed by atoms with E-state index in [1.165, 1.54) is 0 Å². The lowest BCUT2D eigenvalue weighted by molar-refractivity contribution is 0.101. The molecule has 0 saturated heterocycles. The van der Waals surface area contributed by atoms with E-state index in [1.54, 1.807) is 35.3 Å². The first kappa shape index (κ1) is 13.5. The zero-order valence-electron chi connectivity index (χ0n) is 11.7. The van der Waals surface area contributed by atoms with Gasteiger partial charge in [-0.25, -0.2) is 4.98 Å². The summed E-state index contributed by atoms with van der Waals surface area (Å²) in [5.74, 6) is -0.172. The van der Waals surface area contributed by atoms with Crippen LogP contribution in [0, 0.1) is 6.92 Å². The highest BCUT2D eigenvalue weighted by Gasteiger charge is 2.12. The molecule has 0 saturated carbocycles. The summed E-state index contributed by atoms with van der Waals surface area (Å²) in [5.41, 5.74) is 3.09. The number of nitrogens with one attached hydrogen (secondary N) is 1. The second-order valence-electron chi connectivity index (χ2n) is 4.67. The van der Waals surface area contributed by atoms with Crippen LogP contribution in [0.4, 0.5) is 5.69 Å². The average molecular weight is 298 g/mol. The number of rotatable bonds is 3. The lowest BCUT2D eigenvalue weighted by Crippen LogP contribution is -2.16. The van der Waals surface area contributed by atoms with E-state index in [4.69, 9.17) is 0 Å². The number of benzene rings is 1. The molecule has 0 aliphatic carbocycles. The van der Waals surface area contributed by atoms with E-state index in [-0.39, 0.29) is 5.91 Å². The first-order valence-electron chi connectivity index (χ1n) is 6.45. The molecular formula is C15H14N4OS. The van der Waals surface area contributed by atoms with E-state index in [0.29, 0.717) is 5.69 Å². The SMILES string of the molecule is Cc1cc(C(=O)Nc2cccc(-c3nccs3)c2)n(C)n1. The summed E-state index contributed by atoms with van der Waals surface area (Å²) in [6.45, 7) is 1.86. The molecule has 0 aliphatic heterocycles. The maximum atomic E-state index is 12.3. The minimum atomic E-state index is -0.172. The minimum Gasteiger partial charge on any atom is -0.321 e. The topological polar surface area (TPSA) is 59.8 Å². The quantitative estimate of drug-likeness (QED) is 0.808. The molecule has 0 aliphatic rings. The molecule has 106 valence electrons. The van der Waals surface area contributed by atoms with Gasteiger partial charge in [0.1, 0.15) is 10.7 Å². The second kappa shape index (κ2) is 5.49. The van der Waals surface area contributed by atoms with Gasteiger partial charge in [0.05, 0.1) is 5.69 Å². The van der Waals surface area contributed by atoms with Crippen LogP contribution >= 0.6 is 11.3 Å². The number of amides is 1. The Labute approximate surface area is 126 Å². The lowest BCUT2D eigenvalue weighted by atomic mass is 10.2. The molecule has 5 nitrogen and oxygen atoms in total. The first-order chi connectivity index (χ1) is 10.1. The molecule has 0 fully saturated rings. The smallest absolute Gasteiger partial charge is 0.273 e. The largest absolute Gasteiger partial charge is 0.321 e. The van der Waals surface area contributed by atoms with Gasteiger partial charge >= 0.3 is 0 Å². The molecule has 1 N–H and O–H groups in total. The van der Waals surface area contributed by atoms with E-state index < -0.39 is 0 Å². The third-order valence-electron chi connectivity index (χ3n) is 3.03. The van der Waals surface area contributed by atoms with Gasteiger partial charge in [0.25, 0.3) is 5.91 Å². The summed E-state index contributed by atoms with van der Waals surface area (Å²) < 4.78 is 1.58. The van der Waals surface area contributed by atoms with Gasteiger partial charge in [-0.05, 0) is 25.1 Å². The molecule has 0 spiro atoms. The molecular weight excluding hydrogens is 284 g/mol. The predicted octanol–water partition coefficient (Wildman–Crippen LogP) is 3.10. The van der Waals surface area contributed by atoms with E-state index in [1.807, 2.05) is 36.6 Å². The summed E-state index contributed by atoms with van der Waals surface area (Å²) in [6, 6.07) is 9.42. The van der Waals surface area contributed by atoms with Gasteiger partial charge in [-0.2, -0.15) is 5.10 Å². The fourth-order valence-electron chi connectivity index (χ4n) is 2.11. The number of carbonyl (C=O) groups excluding carboxylic acids is 1. The van der Waals surface area contributed by atoms with Crippen LogP contribution in [-0.2, 0) is 7.05 Å². The monoisotopic (exact) mass is 298 g/mol. The number of aryl methyl sites for hydroxylation is 2. The van der Waals surface area contributed by atoms with Gasteiger partial charge in [0.15, 0.2) is 0 Å². The molecule has 3 rings (SSSR count). The highest BCUT2D eigenvalue weighted by molar-refractivity contribution is 7.13. The number of aromatic nitrogens is 3. The molecule has 2 heterocycles. The lowest BCUT2D eigenvalue weighted by Gasteiger charge is -2.06. The Morgan fingerprint density at radius 3 is 2.86 bits per heavy atom. The summed E-state index contributed by atoms with van der Waals surface area (Å²) in [5, 5.41) is 9.93. The van der Waals surface area contributed by atoms with Crippen molar-refractivity contribution >= 4 is 22.9 Å². The van der Waals surface area contributed by atoms with Gasteiger partial charge in [-0.1, -0.05) is 12.1 Å². The van der Waals surface area contributed by atoms with Crippen LogP contribution in [0.25, 0.3) is 10.6 Å². The summed E-state index contributed by atoms with van der Waals surface area (Å²) >= 11 is 1.57. The number of nitrogens with zero attached hydrogens (tertiary/aromatic N) is 3. The number of thiazole rings is 1. The Bertz CT molecular complexity index is 777. The molecule has 21 heavy (non-hydrogen) atoms. The van der Waals surface area contributed by atoms with E-state index in [2.05, 4.69) is 15.4 Å². The molecule has 1 aromatic carbocycles. The van der Waals surface area contributed by atoms with Crippen molar-refractivity contribution in [2.24, 2.45) is 7.05 Å². The third-order valence-corrected chi connectivity index (χ3v) is 3.86. The van der Waals surface area contributed by atoms with Gasteiger partial charge in [0.2, 0.25) is 0 Å². The van der Waals surface area contributed by atoms with Gasteiger partial charge in [-0.15, -0.1) is 11.3 Å². The highest BCUT2D eigenvalue weighted by Crippen LogP contribution is 2.24. The number of anilines is 1. The fraction of sp³-hybridized carbons (Fsp3) is 0.133.